The molecule has 2 amide bonds. The fourth-order valence-corrected chi connectivity index (χ4v) is 7.06. The predicted molar refractivity (Wildman–Crippen MR) is 179 cm³/mol. The molecule has 1 spiro atoms. The number of aromatic amines is 1. The average Bonchev–Trinajstić information content (AvgIpc) is 3.60. The number of ether oxygens (including phenoxy) is 1. The second kappa shape index (κ2) is 16.0. The van der Waals surface area contributed by atoms with E-state index in [0.29, 0.717) is 38.3 Å². The maximum Gasteiger partial charge on any atom is 0.248 e. The number of unbranched alkanes of at least 4 members (excludes halogenated alkanes) is 1. The van der Waals surface area contributed by atoms with Gasteiger partial charge >= 0.3 is 0 Å². The van der Waals surface area contributed by atoms with Crippen LogP contribution in [0.5, 0.6) is 11.5 Å². The third kappa shape index (κ3) is 7.65. The van der Waals surface area contributed by atoms with Crippen molar-refractivity contribution < 1.29 is 19.4 Å². The first-order valence-corrected chi connectivity index (χ1v) is 16.1. The summed E-state index contributed by atoms with van der Waals surface area (Å²) >= 11 is 0. The molecule has 1 saturated carbocycles. The minimum atomic E-state index is -0.844. The average molecular weight is 675 g/mol. The number of nitrogens with one attached hydrogen (secondary N) is 2. The van der Waals surface area contributed by atoms with Gasteiger partial charge in [0.25, 0.3) is 0 Å². The molecular weight excluding hydrogens is 629 g/mol. The lowest BCUT2D eigenvalue weighted by Gasteiger charge is -2.52. The van der Waals surface area contributed by atoms with Gasteiger partial charge < -0.3 is 20.1 Å². The number of tetrazole rings is 1. The summed E-state index contributed by atoms with van der Waals surface area (Å²) in [5.74, 6) is 1.93. The highest BCUT2D eigenvalue weighted by Crippen LogP contribution is 2.36. The first-order valence-electron chi connectivity index (χ1n) is 16.1. The zero-order chi connectivity index (χ0) is 30.5. The van der Waals surface area contributed by atoms with Crippen LogP contribution in [-0.2, 0) is 16.1 Å². The molecule has 3 aliphatic rings. The van der Waals surface area contributed by atoms with E-state index in [9.17, 15) is 14.7 Å². The number of aliphatic hydroxyl groups excluding tert-OH is 1. The van der Waals surface area contributed by atoms with E-state index in [1.807, 2.05) is 41.3 Å². The molecule has 1 aliphatic carbocycles. The summed E-state index contributed by atoms with van der Waals surface area (Å²) in [7, 11) is 0. The van der Waals surface area contributed by atoms with Gasteiger partial charge in [0.05, 0.1) is 6.10 Å². The smallest absolute Gasteiger partial charge is 0.248 e. The van der Waals surface area contributed by atoms with Crippen molar-refractivity contribution in [1.29, 1.82) is 0 Å². The zero-order valence-electron chi connectivity index (χ0n) is 26.3. The maximum atomic E-state index is 13.9. The summed E-state index contributed by atoms with van der Waals surface area (Å²) in [5.41, 5.74) is 1.19. The highest BCUT2D eigenvalue weighted by atomic mass is 35.5. The molecule has 0 unspecified atom stereocenters. The van der Waals surface area contributed by atoms with E-state index in [4.69, 9.17) is 4.74 Å². The Bertz CT molecular complexity index is 1390. The molecule has 2 atom stereocenters. The number of nitrogens with zero attached hydrogens (tertiary/aromatic N) is 5. The quantitative estimate of drug-likeness (QED) is 0.276. The van der Waals surface area contributed by atoms with Crippen molar-refractivity contribution >= 4 is 36.6 Å². The molecule has 11 nitrogen and oxygen atoms in total. The molecule has 13 heteroatoms. The van der Waals surface area contributed by atoms with E-state index in [0.717, 1.165) is 67.7 Å². The van der Waals surface area contributed by atoms with Crippen LogP contribution in [-0.4, -0.2) is 84.7 Å². The number of amides is 2. The summed E-state index contributed by atoms with van der Waals surface area (Å²) in [6, 6.07) is 14.8. The SMILES string of the molecule is CCCCN1C(=O)[C@@H]([C@H](O)C2CCCCC2)NC(=O)C12CCN(Cc1ccc(Oc3ccc(-c4nnn[nH]4)cc3)cc1)CC2.Cl.Cl. The van der Waals surface area contributed by atoms with Gasteiger partial charge in [0.15, 0.2) is 5.82 Å². The number of rotatable bonds is 10. The van der Waals surface area contributed by atoms with Crippen molar-refractivity contribution in [2.75, 3.05) is 19.6 Å². The Kier molecular flexibility index (Phi) is 12.4. The van der Waals surface area contributed by atoms with Gasteiger partial charge in [0.1, 0.15) is 23.1 Å². The third-order valence-electron chi connectivity index (χ3n) is 9.69. The van der Waals surface area contributed by atoms with Gasteiger partial charge in [-0.2, -0.15) is 0 Å². The fourth-order valence-electron chi connectivity index (χ4n) is 7.06. The van der Waals surface area contributed by atoms with Gasteiger partial charge in [-0.1, -0.05) is 44.7 Å². The van der Waals surface area contributed by atoms with Gasteiger partial charge in [-0.3, -0.25) is 14.5 Å². The number of benzene rings is 2. The molecule has 3 fully saturated rings. The van der Waals surface area contributed by atoms with Crippen LogP contribution in [0.4, 0.5) is 0 Å². The molecule has 0 bridgehead atoms. The second-order valence-corrected chi connectivity index (χ2v) is 12.5. The van der Waals surface area contributed by atoms with Crippen molar-refractivity contribution in [1.82, 2.24) is 35.7 Å². The molecule has 2 aliphatic heterocycles. The molecule has 3 aromatic rings. The molecule has 46 heavy (non-hydrogen) atoms. The maximum absolute atomic E-state index is 13.9. The number of likely N-dealkylation sites (tertiary alicyclic amines) is 1. The first kappa shape index (κ1) is 35.6. The van der Waals surface area contributed by atoms with Crippen LogP contribution >= 0.6 is 24.8 Å². The number of hydrogen-bond donors (Lipinski definition) is 3. The van der Waals surface area contributed by atoms with E-state index in [2.05, 4.69) is 49.9 Å². The normalized spacial score (nSPS) is 20.8. The summed E-state index contributed by atoms with van der Waals surface area (Å²) in [5, 5.41) is 28.1. The lowest BCUT2D eigenvalue weighted by atomic mass is 9.78. The van der Waals surface area contributed by atoms with E-state index in [1.54, 1.807) is 0 Å². The van der Waals surface area contributed by atoms with Crippen molar-refractivity contribution in [3.05, 3.63) is 54.1 Å². The number of piperidine rings is 1. The van der Waals surface area contributed by atoms with E-state index in [-0.39, 0.29) is 42.5 Å². The summed E-state index contributed by atoms with van der Waals surface area (Å²) in [4.78, 5) is 31.8. The molecule has 2 aromatic carbocycles. The van der Waals surface area contributed by atoms with E-state index in [1.165, 1.54) is 6.42 Å². The predicted octanol–water partition coefficient (Wildman–Crippen LogP) is 4.91. The van der Waals surface area contributed by atoms with Crippen LogP contribution in [0.2, 0.25) is 0 Å². The second-order valence-electron chi connectivity index (χ2n) is 12.5. The minimum Gasteiger partial charge on any atom is -0.457 e. The fraction of sp³-hybridized carbons (Fsp3) is 0.545. The van der Waals surface area contributed by atoms with Crippen LogP contribution in [0.15, 0.2) is 48.5 Å². The molecule has 3 heterocycles. The number of piperazine rings is 1. The number of carbonyl (C=O) groups is 2. The summed E-state index contributed by atoms with van der Waals surface area (Å²) < 4.78 is 6.03. The number of H-pyrrole nitrogens is 1. The Morgan fingerprint density at radius 2 is 1.63 bits per heavy atom. The van der Waals surface area contributed by atoms with Crippen LogP contribution in [0, 0.1) is 5.92 Å². The largest absolute Gasteiger partial charge is 0.457 e. The van der Waals surface area contributed by atoms with Gasteiger partial charge in [0.2, 0.25) is 11.8 Å². The topological polar surface area (TPSA) is 137 Å². The zero-order valence-corrected chi connectivity index (χ0v) is 27.9. The Balaban J connectivity index is 0.00000240. The molecule has 6 rings (SSSR count). The van der Waals surface area contributed by atoms with E-state index >= 15 is 0 Å². The van der Waals surface area contributed by atoms with E-state index < -0.39 is 17.7 Å². The lowest BCUT2D eigenvalue weighted by Crippen LogP contribution is -2.75. The van der Waals surface area contributed by atoms with Crippen molar-refractivity contribution in [2.45, 2.75) is 88.9 Å². The molecule has 2 saturated heterocycles. The van der Waals surface area contributed by atoms with Crippen LogP contribution in [0.25, 0.3) is 11.4 Å². The van der Waals surface area contributed by atoms with Crippen molar-refractivity contribution in [3.63, 3.8) is 0 Å². The summed E-state index contributed by atoms with van der Waals surface area (Å²) in [6.07, 6.45) is 7.28. The molecular formula is C33H45Cl2N7O4. The standard InChI is InChI=1S/C33H43N7O4.2ClH/c1-2-3-19-40-31(42)28(29(41)24-7-5-4-6-8-24)34-32(43)33(40)17-20-39(21-18-33)22-23-9-13-26(14-10-23)44-27-15-11-25(12-16-27)30-35-37-38-36-30;;/h9-16,24,28-29,41H,2-8,17-22H2,1H3,(H,34,43)(H,35,36,37,38);2*1H/t28-,29-;;/m1../s1. The van der Waals surface area contributed by atoms with Crippen molar-refractivity contribution in [3.8, 4) is 22.9 Å². The van der Waals surface area contributed by atoms with Gasteiger partial charge in [-0.25, -0.2) is 5.10 Å². The summed E-state index contributed by atoms with van der Waals surface area (Å²) in [6.45, 7) is 4.83. The Morgan fingerprint density at radius 1 is 0.978 bits per heavy atom. The lowest BCUT2D eigenvalue weighted by molar-refractivity contribution is -0.166. The number of carbonyl (C=O) groups excluding carboxylic acids is 2. The number of aliphatic hydroxyl groups is 1. The molecule has 3 N–H and O–H groups in total. The Labute approximate surface area is 282 Å². The number of halogens is 2. The van der Waals surface area contributed by atoms with Crippen LogP contribution in [0.1, 0.15) is 70.3 Å². The Hall–Kier alpha value is -3.25. The van der Waals surface area contributed by atoms with Gasteiger partial charge in [-0.05, 0) is 90.4 Å². The highest BCUT2D eigenvalue weighted by Gasteiger charge is 2.55. The highest BCUT2D eigenvalue weighted by molar-refractivity contribution is 6.00. The van der Waals surface area contributed by atoms with Crippen LogP contribution < -0.4 is 10.1 Å². The minimum absolute atomic E-state index is 0. The van der Waals surface area contributed by atoms with Gasteiger partial charge in [-0.15, -0.1) is 29.9 Å². The number of aromatic nitrogens is 4. The van der Waals surface area contributed by atoms with Crippen molar-refractivity contribution in [2.24, 2.45) is 5.92 Å². The molecule has 0 radical (unpaired) electrons. The van der Waals surface area contributed by atoms with Crippen LogP contribution in [0.3, 0.4) is 0 Å². The van der Waals surface area contributed by atoms with Gasteiger partial charge in [0, 0.05) is 31.7 Å². The monoisotopic (exact) mass is 673 g/mol. The Morgan fingerprint density at radius 3 is 2.24 bits per heavy atom. The number of hydrogen-bond acceptors (Lipinski definition) is 8. The first-order chi connectivity index (χ1) is 21.5. The molecule has 1 aromatic heterocycles. The third-order valence-corrected chi connectivity index (χ3v) is 9.69. The molecule has 250 valence electrons.